The van der Waals surface area contributed by atoms with Crippen LogP contribution in [-0.4, -0.2) is 24.3 Å². The van der Waals surface area contributed by atoms with Gasteiger partial charge in [-0.15, -0.1) is 0 Å². The van der Waals surface area contributed by atoms with Crippen LogP contribution in [0.15, 0.2) is 23.2 Å². The van der Waals surface area contributed by atoms with Crippen molar-refractivity contribution in [2.45, 2.75) is 12.3 Å². The molecule has 1 aromatic rings. The number of isocyanates is 1. The van der Waals surface area contributed by atoms with E-state index < -0.39 is 0 Å². The zero-order valence-electron chi connectivity index (χ0n) is 8.14. The summed E-state index contributed by atoms with van der Waals surface area (Å²) in [6.07, 6.45) is 2.38. The predicted molar refractivity (Wildman–Crippen MR) is 53.9 cm³/mol. The smallest absolute Gasteiger partial charge is 0.234 e. The SMILES string of the molecule is O=C=NCC1CCOc2cc(O)ccc21. The molecule has 78 valence electrons. The van der Waals surface area contributed by atoms with Crippen molar-refractivity contribution < 1.29 is 14.6 Å². The van der Waals surface area contributed by atoms with Crippen LogP contribution >= 0.6 is 0 Å². The maximum atomic E-state index is 10.1. The molecule has 1 aliphatic rings. The van der Waals surface area contributed by atoms with Crippen molar-refractivity contribution in [3.05, 3.63) is 23.8 Å². The maximum absolute atomic E-state index is 10.1. The first kappa shape index (κ1) is 9.74. The molecule has 0 radical (unpaired) electrons. The van der Waals surface area contributed by atoms with Crippen LogP contribution in [0.2, 0.25) is 0 Å². The molecule has 0 saturated heterocycles. The number of nitrogens with zero attached hydrogens (tertiary/aromatic N) is 1. The largest absolute Gasteiger partial charge is 0.508 e. The molecule has 0 aliphatic carbocycles. The van der Waals surface area contributed by atoms with E-state index in [1.54, 1.807) is 18.2 Å². The fourth-order valence-electron chi connectivity index (χ4n) is 1.79. The van der Waals surface area contributed by atoms with Crippen LogP contribution in [0.5, 0.6) is 11.5 Å². The Hall–Kier alpha value is -1.80. The Bertz CT molecular complexity index is 410. The van der Waals surface area contributed by atoms with Gasteiger partial charge in [-0.1, -0.05) is 6.07 Å². The van der Waals surface area contributed by atoms with Gasteiger partial charge < -0.3 is 9.84 Å². The van der Waals surface area contributed by atoms with Gasteiger partial charge in [0.15, 0.2) is 0 Å². The minimum absolute atomic E-state index is 0.188. The summed E-state index contributed by atoms with van der Waals surface area (Å²) in [4.78, 5) is 13.6. The predicted octanol–water partition coefficient (Wildman–Crippen LogP) is 1.59. The fourth-order valence-corrected chi connectivity index (χ4v) is 1.79. The molecule has 1 heterocycles. The van der Waals surface area contributed by atoms with Gasteiger partial charge in [0.25, 0.3) is 0 Å². The van der Waals surface area contributed by atoms with Crippen molar-refractivity contribution in [2.24, 2.45) is 4.99 Å². The van der Waals surface area contributed by atoms with Crippen molar-refractivity contribution >= 4 is 6.08 Å². The van der Waals surface area contributed by atoms with Crippen LogP contribution in [0.1, 0.15) is 17.9 Å². The van der Waals surface area contributed by atoms with Crippen molar-refractivity contribution in [1.82, 2.24) is 0 Å². The fraction of sp³-hybridized carbons (Fsp3) is 0.364. The number of aliphatic imine (C=N–C) groups is 1. The van der Waals surface area contributed by atoms with E-state index in [-0.39, 0.29) is 11.7 Å². The third-order valence-electron chi connectivity index (χ3n) is 2.54. The van der Waals surface area contributed by atoms with Gasteiger partial charge in [0.1, 0.15) is 11.5 Å². The molecule has 4 nitrogen and oxygen atoms in total. The molecule has 0 bridgehead atoms. The summed E-state index contributed by atoms with van der Waals surface area (Å²) in [6, 6.07) is 5.02. The summed E-state index contributed by atoms with van der Waals surface area (Å²) in [7, 11) is 0. The van der Waals surface area contributed by atoms with Crippen LogP contribution in [0, 0.1) is 0 Å². The first-order valence-electron chi connectivity index (χ1n) is 4.80. The molecular weight excluding hydrogens is 194 g/mol. The van der Waals surface area contributed by atoms with E-state index in [2.05, 4.69) is 4.99 Å². The third kappa shape index (κ3) is 2.00. The minimum Gasteiger partial charge on any atom is -0.508 e. The number of fused-ring (bicyclic) bond motifs is 1. The van der Waals surface area contributed by atoms with Gasteiger partial charge in [-0.05, 0) is 18.1 Å². The molecule has 4 heteroatoms. The van der Waals surface area contributed by atoms with Crippen molar-refractivity contribution in [3.63, 3.8) is 0 Å². The summed E-state index contributed by atoms with van der Waals surface area (Å²) in [5.74, 6) is 1.07. The molecule has 1 aromatic carbocycles. The highest BCUT2D eigenvalue weighted by Gasteiger charge is 2.21. The van der Waals surface area contributed by atoms with Crippen LogP contribution in [-0.2, 0) is 4.79 Å². The number of benzene rings is 1. The molecule has 0 saturated carbocycles. The van der Waals surface area contributed by atoms with Crippen LogP contribution in [0.4, 0.5) is 0 Å². The summed E-state index contributed by atoms with van der Waals surface area (Å²) in [6.45, 7) is 1.03. The molecule has 15 heavy (non-hydrogen) atoms. The summed E-state index contributed by atoms with van der Waals surface area (Å²) in [5.41, 5.74) is 0.998. The maximum Gasteiger partial charge on any atom is 0.234 e. The van der Waals surface area contributed by atoms with Gasteiger partial charge in [-0.2, -0.15) is 0 Å². The highest BCUT2D eigenvalue weighted by molar-refractivity contribution is 5.44. The van der Waals surface area contributed by atoms with Gasteiger partial charge in [0.05, 0.1) is 13.2 Å². The minimum atomic E-state index is 0.188. The lowest BCUT2D eigenvalue weighted by molar-refractivity contribution is 0.267. The average Bonchev–Trinajstić information content (AvgIpc) is 2.25. The van der Waals surface area contributed by atoms with E-state index in [0.29, 0.717) is 18.9 Å². The normalized spacial score (nSPS) is 18.5. The monoisotopic (exact) mass is 205 g/mol. The number of hydrogen-bond donors (Lipinski definition) is 1. The molecule has 0 aromatic heterocycles. The molecule has 0 spiro atoms. The lowest BCUT2D eigenvalue weighted by atomic mass is 9.93. The lowest BCUT2D eigenvalue weighted by Crippen LogP contribution is -2.16. The van der Waals surface area contributed by atoms with Gasteiger partial charge in [0.2, 0.25) is 6.08 Å². The van der Waals surface area contributed by atoms with Gasteiger partial charge in [0, 0.05) is 12.0 Å². The van der Waals surface area contributed by atoms with Crippen LogP contribution < -0.4 is 4.74 Å². The number of ether oxygens (including phenoxy) is 1. The van der Waals surface area contributed by atoms with Crippen molar-refractivity contribution in [3.8, 4) is 11.5 Å². The molecule has 0 fully saturated rings. The Kier molecular flexibility index (Phi) is 2.70. The second-order valence-corrected chi connectivity index (χ2v) is 3.49. The Morgan fingerprint density at radius 3 is 3.27 bits per heavy atom. The van der Waals surface area contributed by atoms with Crippen LogP contribution in [0.3, 0.4) is 0 Å². The number of phenols is 1. The highest BCUT2D eigenvalue weighted by atomic mass is 16.5. The second-order valence-electron chi connectivity index (χ2n) is 3.49. The molecule has 2 rings (SSSR count). The first-order chi connectivity index (χ1) is 7.31. The van der Waals surface area contributed by atoms with Crippen molar-refractivity contribution in [2.75, 3.05) is 13.2 Å². The summed E-state index contributed by atoms with van der Waals surface area (Å²) < 4.78 is 5.41. The molecule has 1 unspecified atom stereocenters. The number of aromatic hydroxyl groups is 1. The van der Waals surface area contributed by atoms with Gasteiger partial charge >= 0.3 is 0 Å². The third-order valence-corrected chi connectivity index (χ3v) is 2.54. The van der Waals surface area contributed by atoms with E-state index in [1.807, 2.05) is 6.07 Å². The number of rotatable bonds is 2. The lowest BCUT2D eigenvalue weighted by Gasteiger charge is -2.24. The Morgan fingerprint density at radius 1 is 1.60 bits per heavy atom. The van der Waals surface area contributed by atoms with E-state index >= 15 is 0 Å². The Morgan fingerprint density at radius 2 is 2.47 bits per heavy atom. The molecule has 1 N–H and O–H groups in total. The van der Waals surface area contributed by atoms with E-state index in [9.17, 15) is 9.90 Å². The molecule has 0 amide bonds. The Balaban J connectivity index is 2.29. The summed E-state index contributed by atoms with van der Waals surface area (Å²) >= 11 is 0. The van der Waals surface area contributed by atoms with E-state index in [1.165, 1.54) is 0 Å². The molecular formula is C11H11NO3. The topological polar surface area (TPSA) is 58.9 Å². The van der Waals surface area contributed by atoms with E-state index in [4.69, 9.17) is 4.74 Å². The van der Waals surface area contributed by atoms with Gasteiger partial charge in [-0.25, -0.2) is 9.79 Å². The van der Waals surface area contributed by atoms with Gasteiger partial charge in [-0.3, -0.25) is 0 Å². The standard InChI is InChI=1S/C11H11NO3/c13-7-12-6-8-3-4-15-11-5-9(14)1-2-10(8)11/h1-2,5,8,14H,3-4,6H2. The zero-order valence-corrected chi connectivity index (χ0v) is 8.14. The zero-order chi connectivity index (χ0) is 10.7. The quantitative estimate of drug-likeness (QED) is 0.589. The number of hydrogen-bond acceptors (Lipinski definition) is 4. The number of carbonyl (C=O) groups excluding carboxylic acids is 1. The van der Waals surface area contributed by atoms with E-state index in [0.717, 1.165) is 12.0 Å². The molecule has 1 aliphatic heterocycles. The summed E-state index contributed by atoms with van der Waals surface area (Å²) in [5, 5.41) is 9.28. The molecule has 1 atom stereocenters. The second kappa shape index (κ2) is 4.15. The van der Waals surface area contributed by atoms with Crippen molar-refractivity contribution in [1.29, 1.82) is 0 Å². The number of phenolic OH excluding ortho intramolecular Hbond substituents is 1. The highest BCUT2D eigenvalue weighted by Crippen LogP contribution is 2.35. The first-order valence-corrected chi connectivity index (χ1v) is 4.80. The average molecular weight is 205 g/mol. The van der Waals surface area contributed by atoms with Crippen LogP contribution in [0.25, 0.3) is 0 Å². The Labute approximate surface area is 87.2 Å².